The molecule has 0 bridgehead atoms. The Kier molecular flexibility index (Phi) is 5.38. The quantitative estimate of drug-likeness (QED) is 0.191. The van der Waals surface area contributed by atoms with Gasteiger partial charge in [0.05, 0.1) is 22.1 Å². The smallest absolute Gasteiger partial charge is 0.135 e. The summed E-state index contributed by atoms with van der Waals surface area (Å²) in [4.78, 5) is 0. The molecule has 228 valence electrons. The topological polar surface area (TPSA) is 19.1 Å². The molecule has 0 saturated heterocycles. The summed E-state index contributed by atoms with van der Waals surface area (Å²) in [6.07, 6.45) is 0. The van der Waals surface area contributed by atoms with Crippen molar-refractivity contribution in [2.75, 3.05) is 0 Å². The highest BCUT2D eigenvalue weighted by Crippen LogP contribution is 2.48. The minimum Gasteiger partial charge on any atom is -0.456 e. The van der Waals surface area contributed by atoms with Crippen LogP contribution in [0.1, 0.15) is 0 Å². The lowest BCUT2D eigenvalue weighted by atomic mass is 9.92. The summed E-state index contributed by atoms with van der Waals surface area (Å²) in [6.45, 7) is 0. The molecule has 0 atom stereocenters. The van der Waals surface area contributed by atoms with Crippen LogP contribution >= 0.6 is 0 Å². The average Bonchev–Trinajstić information content (AvgIpc) is 3.67. The fourth-order valence-corrected chi connectivity index (χ4v) is 8.13. The van der Waals surface area contributed by atoms with E-state index in [0.717, 1.165) is 28.4 Å². The number of hydrogen-bond acceptors (Lipinski definition) is 1. The minimum atomic E-state index is 0.896. The van der Waals surface area contributed by atoms with Gasteiger partial charge in [0.2, 0.25) is 0 Å². The first kappa shape index (κ1) is 26.5. The Bertz CT molecular complexity index is 2910. The van der Waals surface area contributed by atoms with Crippen molar-refractivity contribution in [3.63, 3.8) is 0 Å². The van der Waals surface area contributed by atoms with Crippen molar-refractivity contribution in [3.05, 3.63) is 170 Å². The monoisotopic (exact) mass is 624 g/mol. The zero-order chi connectivity index (χ0) is 32.1. The van der Waals surface area contributed by atoms with Crippen LogP contribution in [0, 0.1) is 0 Å². The number of para-hydroxylation sites is 3. The normalized spacial score (nSPS) is 12.2. The summed E-state index contributed by atoms with van der Waals surface area (Å²) in [6, 6.07) is 61.3. The standard InChI is InChI=1S/C46H28N2O/c1-2-12-32(13-3-1)47-42-23-20-30(31-21-25-44-39(27-31)36-16-8-10-29-11-9-19-45(49-44)46(29)36)26-37(42)38-28-33(22-24-43(38)47)48-40-17-6-4-14-34(40)35-15-5-7-18-41(35)48/h1-28H. The number of fused-ring (bicyclic) bond motifs is 8. The molecule has 49 heavy (non-hydrogen) atoms. The zero-order valence-corrected chi connectivity index (χ0v) is 26.5. The van der Waals surface area contributed by atoms with Crippen LogP contribution in [0.15, 0.2) is 170 Å². The van der Waals surface area contributed by atoms with E-state index in [1.807, 2.05) is 0 Å². The third kappa shape index (κ3) is 3.78. The third-order valence-electron chi connectivity index (χ3n) is 10.3. The highest BCUT2D eigenvalue weighted by atomic mass is 16.5. The van der Waals surface area contributed by atoms with Gasteiger partial charge < -0.3 is 13.9 Å². The summed E-state index contributed by atoms with van der Waals surface area (Å²) < 4.78 is 11.2. The lowest BCUT2D eigenvalue weighted by Gasteiger charge is -2.22. The molecule has 1 aliphatic rings. The third-order valence-corrected chi connectivity index (χ3v) is 10.3. The molecule has 0 fully saturated rings. The second-order valence-electron chi connectivity index (χ2n) is 12.9. The number of hydrogen-bond donors (Lipinski definition) is 0. The first-order chi connectivity index (χ1) is 24.3. The Morgan fingerprint density at radius 3 is 1.76 bits per heavy atom. The molecule has 0 N–H and O–H groups in total. The van der Waals surface area contributed by atoms with Gasteiger partial charge in [0.15, 0.2) is 0 Å². The van der Waals surface area contributed by atoms with E-state index in [1.54, 1.807) is 0 Å². The summed E-state index contributed by atoms with van der Waals surface area (Å²) in [5.74, 6) is 1.81. The first-order valence-corrected chi connectivity index (χ1v) is 16.8. The van der Waals surface area contributed by atoms with E-state index in [-0.39, 0.29) is 0 Å². The second-order valence-corrected chi connectivity index (χ2v) is 12.9. The van der Waals surface area contributed by atoms with Crippen molar-refractivity contribution in [2.24, 2.45) is 0 Å². The molecule has 2 aromatic heterocycles. The summed E-state index contributed by atoms with van der Waals surface area (Å²) in [5.41, 5.74) is 11.8. The van der Waals surface area contributed by atoms with Crippen LogP contribution in [-0.4, -0.2) is 9.13 Å². The van der Waals surface area contributed by atoms with Crippen LogP contribution in [0.3, 0.4) is 0 Å². The second kappa shape index (κ2) is 9.96. The van der Waals surface area contributed by atoms with Crippen molar-refractivity contribution in [3.8, 4) is 45.1 Å². The molecule has 0 aliphatic carbocycles. The molecule has 0 saturated carbocycles. The van der Waals surface area contributed by atoms with Gasteiger partial charge in [-0.1, -0.05) is 97.1 Å². The molecular weight excluding hydrogens is 597 g/mol. The maximum atomic E-state index is 6.42. The van der Waals surface area contributed by atoms with E-state index in [2.05, 4.69) is 179 Å². The van der Waals surface area contributed by atoms with E-state index in [0.29, 0.717) is 0 Å². The molecule has 3 heteroatoms. The minimum absolute atomic E-state index is 0.896. The summed E-state index contributed by atoms with van der Waals surface area (Å²) >= 11 is 0. The average molecular weight is 625 g/mol. The van der Waals surface area contributed by atoms with Crippen molar-refractivity contribution in [1.82, 2.24) is 9.13 Å². The molecule has 0 radical (unpaired) electrons. The van der Waals surface area contributed by atoms with Gasteiger partial charge in [0.25, 0.3) is 0 Å². The van der Waals surface area contributed by atoms with Crippen LogP contribution < -0.4 is 4.74 Å². The Morgan fingerprint density at radius 1 is 0.347 bits per heavy atom. The zero-order valence-electron chi connectivity index (χ0n) is 26.5. The molecule has 3 heterocycles. The van der Waals surface area contributed by atoms with E-state index >= 15 is 0 Å². The Morgan fingerprint density at radius 2 is 0.959 bits per heavy atom. The Labute approximate surface area is 282 Å². The Hall–Kier alpha value is -6.58. The molecule has 1 aliphatic heterocycles. The van der Waals surface area contributed by atoms with Crippen molar-refractivity contribution in [1.29, 1.82) is 0 Å². The molecule has 3 nitrogen and oxygen atoms in total. The highest BCUT2D eigenvalue weighted by molar-refractivity contribution is 6.13. The predicted octanol–water partition coefficient (Wildman–Crippen LogP) is 12.5. The van der Waals surface area contributed by atoms with Gasteiger partial charge in [-0.2, -0.15) is 0 Å². The SMILES string of the molecule is c1ccc(-n2c3ccc(-c4ccc5c(c4)-c4cccc6cccc(c46)O5)cc3c3cc(-n4c5ccccc5c5ccccc54)ccc32)cc1. The maximum Gasteiger partial charge on any atom is 0.135 e. The number of nitrogens with zero attached hydrogens (tertiary/aromatic N) is 2. The van der Waals surface area contributed by atoms with Gasteiger partial charge in [-0.3, -0.25) is 0 Å². The largest absolute Gasteiger partial charge is 0.456 e. The maximum absolute atomic E-state index is 6.42. The number of aromatic nitrogens is 2. The van der Waals surface area contributed by atoms with Gasteiger partial charge in [0.1, 0.15) is 11.5 Å². The highest BCUT2D eigenvalue weighted by Gasteiger charge is 2.21. The van der Waals surface area contributed by atoms with Crippen molar-refractivity contribution >= 4 is 54.4 Å². The van der Waals surface area contributed by atoms with Crippen LogP contribution in [0.25, 0.3) is 88.0 Å². The summed E-state index contributed by atoms with van der Waals surface area (Å²) in [7, 11) is 0. The van der Waals surface area contributed by atoms with Crippen LogP contribution in [0.4, 0.5) is 0 Å². The van der Waals surface area contributed by atoms with Gasteiger partial charge in [-0.05, 0) is 94.9 Å². The number of benzene rings is 8. The molecule has 0 unspecified atom stereocenters. The molecule has 11 rings (SSSR count). The molecule has 0 amide bonds. The fraction of sp³-hybridized carbons (Fsp3) is 0. The summed E-state index contributed by atoms with van der Waals surface area (Å²) in [5, 5.41) is 7.35. The van der Waals surface area contributed by atoms with Crippen LogP contribution in [0.2, 0.25) is 0 Å². The van der Waals surface area contributed by atoms with Gasteiger partial charge in [-0.25, -0.2) is 0 Å². The van der Waals surface area contributed by atoms with Gasteiger partial charge in [-0.15, -0.1) is 0 Å². The molecule has 10 aromatic rings. The predicted molar refractivity (Wildman–Crippen MR) is 204 cm³/mol. The van der Waals surface area contributed by atoms with Crippen molar-refractivity contribution < 1.29 is 4.74 Å². The molecule has 0 spiro atoms. The van der Waals surface area contributed by atoms with E-state index in [1.165, 1.54) is 71.1 Å². The van der Waals surface area contributed by atoms with Gasteiger partial charge >= 0.3 is 0 Å². The van der Waals surface area contributed by atoms with Crippen molar-refractivity contribution in [2.45, 2.75) is 0 Å². The fourth-order valence-electron chi connectivity index (χ4n) is 8.13. The number of ether oxygens (including phenoxy) is 1. The Balaban J connectivity index is 1.15. The van der Waals surface area contributed by atoms with Crippen LogP contribution in [-0.2, 0) is 0 Å². The first-order valence-electron chi connectivity index (χ1n) is 16.8. The van der Waals surface area contributed by atoms with E-state index in [4.69, 9.17) is 4.74 Å². The number of rotatable bonds is 3. The lowest BCUT2D eigenvalue weighted by molar-refractivity contribution is 0.487. The van der Waals surface area contributed by atoms with Crippen LogP contribution in [0.5, 0.6) is 11.5 Å². The van der Waals surface area contributed by atoms with E-state index in [9.17, 15) is 0 Å². The van der Waals surface area contributed by atoms with E-state index < -0.39 is 0 Å². The lowest BCUT2D eigenvalue weighted by Crippen LogP contribution is -1.97. The van der Waals surface area contributed by atoms with Gasteiger partial charge in [0, 0.05) is 43.9 Å². The molecule has 8 aromatic carbocycles. The molecular formula is C46H28N2O.